The van der Waals surface area contributed by atoms with E-state index < -0.39 is 11.9 Å². The number of rotatable bonds is 4. The lowest BCUT2D eigenvalue weighted by Crippen LogP contribution is -2.35. The molecule has 152 valence electrons. The van der Waals surface area contributed by atoms with E-state index in [1.54, 1.807) is 38.1 Å². The van der Waals surface area contributed by atoms with Crippen LogP contribution < -0.4 is 10.6 Å². The van der Waals surface area contributed by atoms with Gasteiger partial charge in [0.05, 0.1) is 24.2 Å². The Morgan fingerprint density at radius 3 is 2.77 bits per heavy atom. The maximum Gasteiger partial charge on any atom is 0.343 e. The third kappa shape index (κ3) is 3.60. The number of anilines is 1. The number of esters is 1. The summed E-state index contributed by atoms with van der Waals surface area (Å²) in [6.45, 7) is 3.59. The highest BCUT2D eigenvalue weighted by Gasteiger charge is 2.28. The van der Waals surface area contributed by atoms with Gasteiger partial charge in [0, 0.05) is 5.70 Å². The van der Waals surface area contributed by atoms with Gasteiger partial charge in [0.25, 0.3) is 5.91 Å². The minimum atomic E-state index is -0.610. The van der Waals surface area contributed by atoms with Gasteiger partial charge in [0.1, 0.15) is 11.4 Å². The second-order valence-corrected chi connectivity index (χ2v) is 6.28. The van der Waals surface area contributed by atoms with E-state index in [1.165, 1.54) is 6.26 Å². The smallest absolute Gasteiger partial charge is 0.343 e. The van der Waals surface area contributed by atoms with Gasteiger partial charge in [-0.05, 0) is 38.1 Å². The minimum absolute atomic E-state index is 0.000923. The lowest BCUT2D eigenvalue weighted by atomic mass is 10.1. The molecule has 9 heteroatoms. The first-order valence-corrected chi connectivity index (χ1v) is 9.20. The normalized spacial score (nSPS) is 13.1. The summed E-state index contributed by atoms with van der Waals surface area (Å²) in [6, 6.07) is 10.5. The number of amides is 1. The molecule has 3 heterocycles. The summed E-state index contributed by atoms with van der Waals surface area (Å²) >= 11 is 0. The summed E-state index contributed by atoms with van der Waals surface area (Å²) < 4.78 is 15.8. The first kappa shape index (κ1) is 19.2. The standard InChI is InChI=1S/C21H18N4O5/c1-3-28-21(27)16-12(2)23-13-7-4-5-8-14(13)24-19(16)25-20(26)17-18(30-11-22-17)15-9-6-10-29-15/h4-11,23H,3H2,1-2H3,(H,24,25,26). The molecule has 0 atom stereocenters. The summed E-state index contributed by atoms with van der Waals surface area (Å²) in [5.41, 5.74) is 1.85. The molecule has 2 N–H and O–H groups in total. The highest BCUT2D eigenvalue weighted by atomic mass is 16.5. The van der Waals surface area contributed by atoms with Crippen LogP contribution in [0.5, 0.6) is 0 Å². The summed E-state index contributed by atoms with van der Waals surface area (Å²) in [5, 5.41) is 5.82. The summed E-state index contributed by atoms with van der Waals surface area (Å²) in [4.78, 5) is 34.1. The second kappa shape index (κ2) is 8.08. The second-order valence-electron chi connectivity index (χ2n) is 6.28. The fourth-order valence-electron chi connectivity index (χ4n) is 3.00. The summed E-state index contributed by atoms with van der Waals surface area (Å²) in [5.74, 6) is -0.654. The number of furan rings is 1. The third-order valence-electron chi connectivity index (χ3n) is 4.31. The molecule has 1 amide bonds. The summed E-state index contributed by atoms with van der Waals surface area (Å²) in [6.07, 6.45) is 2.61. The Kier molecular flexibility index (Phi) is 5.17. The van der Waals surface area contributed by atoms with Gasteiger partial charge >= 0.3 is 5.97 Å². The monoisotopic (exact) mass is 406 g/mol. The first-order valence-electron chi connectivity index (χ1n) is 9.20. The van der Waals surface area contributed by atoms with Crippen molar-refractivity contribution in [1.29, 1.82) is 0 Å². The first-order chi connectivity index (χ1) is 14.6. The van der Waals surface area contributed by atoms with Crippen molar-refractivity contribution < 1.29 is 23.2 Å². The van der Waals surface area contributed by atoms with Crippen LogP contribution in [-0.2, 0) is 9.53 Å². The predicted octanol–water partition coefficient (Wildman–Crippen LogP) is 3.66. The molecule has 9 nitrogen and oxygen atoms in total. The number of nitrogens with one attached hydrogen (secondary N) is 2. The Hall–Kier alpha value is -4.14. The van der Waals surface area contributed by atoms with Crippen LogP contribution >= 0.6 is 0 Å². The van der Waals surface area contributed by atoms with E-state index >= 15 is 0 Å². The Morgan fingerprint density at radius 1 is 1.17 bits per heavy atom. The van der Waals surface area contributed by atoms with E-state index in [9.17, 15) is 9.59 Å². The lowest BCUT2D eigenvalue weighted by Gasteiger charge is -2.13. The van der Waals surface area contributed by atoms with Crippen LogP contribution in [0.25, 0.3) is 11.5 Å². The van der Waals surface area contributed by atoms with Crippen molar-refractivity contribution in [3.05, 3.63) is 66.0 Å². The van der Waals surface area contributed by atoms with Crippen LogP contribution in [0.1, 0.15) is 24.3 Å². The lowest BCUT2D eigenvalue weighted by molar-refractivity contribution is -0.137. The average molecular weight is 406 g/mol. The number of nitrogens with zero attached hydrogens (tertiary/aromatic N) is 2. The molecule has 3 aromatic rings. The molecule has 0 saturated carbocycles. The zero-order valence-corrected chi connectivity index (χ0v) is 16.3. The van der Waals surface area contributed by atoms with Gasteiger partial charge in [-0.1, -0.05) is 12.1 Å². The van der Waals surface area contributed by atoms with E-state index in [-0.39, 0.29) is 29.5 Å². The molecular weight excluding hydrogens is 388 g/mol. The van der Waals surface area contributed by atoms with Crippen LogP contribution in [0.2, 0.25) is 0 Å². The van der Waals surface area contributed by atoms with Crippen LogP contribution in [-0.4, -0.2) is 29.3 Å². The van der Waals surface area contributed by atoms with Gasteiger partial charge in [0.2, 0.25) is 5.76 Å². The number of benzene rings is 1. The molecule has 30 heavy (non-hydrogen) atoms. The Balaban J connectivity index is 1.74. The molecule has 2 aromatic heterocycles. The van der Waals surface area contributed by atoms with Gasteiger partial charge in [-0.3, -0.25) is 4.79 Å². The molecule has 0 fully saturated rings. The number of carbonyl (C=O) groups is 2. The number of amidine groups is 1. The number of aliphatic imine (C=N–C) groups is 1. The molecule has 0 aliphatic carbocycles. The van der Waals surface area contributed by atoms with Gasteiger partial charge in [-0.15, -0.1) is 0 Å². The molecule has 0 spiro atoms. The van der Waals surface area contributed by atoms with Crippen LogP contribution in [0.4, 0.5) is 11.4 Å². The molecule has 1 aromatic carbocycles. The van der Waals surface area contributed by atoms with Gasteiger partial charge in [-0.2, -0.15) is 0 Å². The number of oxazole rings is 1. The van der Waals surface area contributed by atoms with E-state index in [2.05, 4.69) is 20.6 Å². The maximum atomic E-state index is 13.0. The zero-order valence-electron chi connectivity index (χ0n) is 16.3. The van der Waals surface area contributed by atoms with Crippen LogP contribution in [0.3, 0.4) is 0 Å². The van der Waals surface area contributed by atoms with Crippen molar-refractivity contribution in [2.24, 2.45) is 4.99 Å². The van der Waals surface area contributed by atoms with Crippen molar-refractivity contribution in [2.75, 3.05) is 11.9 Å². The van der Waals surface area contributed by atoms with Crippen molar-refractivity contribution >= 4 is 29.1 Å². The number of para-hydroxylation sites is 2. The van der Waals surface area contributed by atoms with E-state index in [4.69, 9.17) is 13.6 Å². The topological polar surface area (TPSA) is 119 Å². The highest BCUT2D eigenvalue weighted by molar-refractivity contribution is 6.26. The molecule has 0 radical (unpaired) electrons. The van der Waals surface area contributed by atoms with E-state index in [0.717, 1.165) is 6.39 Å². The number of hydrogen-bond acceptors (Lipinski definition) is 8. The predicted molar refractivity (Wildman–Crippen MR) is 108 cm³/mol. The maximum absolute atomic E-state index is 13.0. The number of fused-ring (bicyclic) bond motifs is 1. The number of ether oxygens (including phenoxy) is 1. The van der Waals surface area contributed by atoms with Gasteiger partial charge in [0.15, 0.2) is 17.8 Å². The average Bonchev–Trinajstić information content (AvgIpc) is 3.38. The van der Waals surface area contributed by atoms with Crippen molar-refractivity contribution in [3.8, 4) is 11.5 Å². The quantitative estimate of drug-likeness (QED) is 0.635. The largest absolute Gasteiger partial charge is 0.462 e. The van der Waals surface area contributed by atoms with Crippen LogP contribution in [0.15, 0.2) is 74.2 Å². The van der Waals surface area contributed by atoms with Crippen molar-refractivity contribution in [1.82, 2.24) is 10.3 Å². The van der Waals surface area contributed by atoms with E-state index in [1.807, 2.05) is 12.1 Å². The Labute approximate surface area is 171 Å². The Morgan fingerprint density at radius 2 is 2.00 bits per heavy atom. The van der Waals surface area contributed by atoms with E-state index in [0.29, 0.717) is 22.8 Å². The molecule has 0 unspecified atom stereocenters. The van der Waals surface area contributed by atoms with Gasteiger partial charge < -0.3 is 24.2 Å². The molecule has 0 bridgehead atoms. The van der Waals surface area contributed by atoms with Gasteiger partial charge in [-0.25, -0.2) is 14.8 Å². The summed E-state index contributed by atoms with van der Waals surface area (Å²) in [7, 11) is 0. The van der Waals surface area contributed by atoms with Crippen LogP contribution in [0, 0.1) is 0 Å². The van der Waals surface area contributed by atoms with Crippen molar-refractivity contribution in [3.63, 3.8) is 0 Å². The number of hydrogen-bond donors (Lipinski definition) is 2. The Bertz CT molecular complexity index is 1160. The fraction of sp³-hybridized carbons (Fsp3) is 0.143. The number of carbonyl (C=O) groups excluding carboxylic acids is 2. The molecule has 1 aliphatic rings. The minimum Gasteiger partial charge on any atom is -0.462 e. The number of allylic oxidation sites excluding steroid dienone is 1. The molecule has 1 aliphatic heterocycles. The molecule has 4 rings (SSSR count). The fourth-order valence-corrected chi connectivity index (χ4v) is 3.00. The highest BCUT2D eigenvalue weighted by Crippen LogP contribution is 2.30. The SMILES string of the molecule is CCOC(=O)C1=C(C)Nc2ccccc2N=C1NC(=O)c1ncoc1-c1ccco1. The van der Waals surface area contributed by atoms with Crippen molar-refractivity contribution in [2.45, 2.75) is 13.8 Å². The molecule has 0 saturated heterocycles. The number of aromatic nitrogens is 1. The zero-order chi connectivity index (χ0) is 21.1. The molecular formula is C21H18N4O5. The third-order valence-corrected chi connectivity index (χ3v) is 4.31.